The van der Waals surface area contributed by atoms with E-state index in [1.807, 2.05) is 25.1 Å². The SMILES string of the molecule is CCCC(C(=O)c1ccccc1)C(=NN)OC. The number of rotatable bonds is 5. The Morgan fingerprint density at radius 1 is 1.41 bits per heavy atom. The van der Waals surface area contributed by atoms with E-state index >= 15 is 0 Å². The molecule has 1 aromatic carbocycles. The van der Waals surface area contributed by atoms with Crippen LogP contribution in [0.3, 0.4) is 0 Å². The first-order valence-corrected chi connectivity index (χ1v) is 5.65. The molecule has 2 N–H and O–H groups in total. The number of ketones is 1. The fraction of sp³-hybridized carbons (Fsp3) is 0.385. The first kappa shape index (κ1) is 13.2. The Morgan fingerprint density at radius 3 is 2.53 bits per heavy atom. The van der Waals surface area contributed by atoms with E-state index in [-0.39, 0.29) is 5.78 Å². The van der Waals surface area contributed by atoms with Gasteiger partial charge in [0, 0.05) is 5.56 Å². The molecule has 92 valence electrons. The van der Waals surface area contributed by atoms with Crippen LogP contribution < -0.4 is 5.84 Å². The van der Waals surface area contributed by atoms with Crippen LogP contribution in [0.4, 0.5) is 0 Å². The van der Waals surface area contributed by atoms with Gasteiger partial charge in [-0.05, 0) is 6.42 Å². The maximum atomic E-state index is 12.3. The third-order valence-corrected chi connectivity index (χ3v) is 2.59. The lowest BCUT2D eigenvalue weighted by Gasteiger charge is -2.15. The molecular formula is C13H18N2O2. The Balaban J connectivity index is 2.96. The van der Waals surface area contributed by atoms with Crippen molar-refractivity contribution in [3.05, 3.63) is 35.9 Å². The van der Waals surface area contributed by atoms with E-state index in [0.29, 0.717) is 17.9 Å². The van der Waals surface area contributed by atoms with Crippen molar-refractivity contribution in [3.8, 4) is 0 Å². The molecule has 0 aliphatic heterocycles. The van der Waals surface area contributed by atoms with Crippen LogP contribution in [-0.2, 0) is 4.74 Å². The molecule has 0 saturated heterocycles. The van der Waals surface area contributed by atoms with Crippen molar-refractivity contribution in [2.24, 2.45) is 16.9 Å². The second-order valence-corrected chi connectivity index (χ2v) is 3.74. The van der Waals surface area contributed by atoms with E-state index in [9.17, 15) is 4.79 Å². The summed E-state index contributed by atoms with van der Waals surface area (Å²) < 4.78 is 5.06. The van der Waals surface area contributed by atoms with E-state index < -0.39 is 5.92 Å². The number of hydrogen-bond donors (Lipinski definition) is 1. The predicted molar refractivity (Wildman–Crippen MR) is 67.8 cm³/mol. The number of carbonyl (C=O) groups excluding carboxylic acids is 1. The molecule has 0 aromatic heterocycles. The highest BCUT2D eigenvalue weighted by Crippen LogP contribution is 2.16. The van der Waals surface area contributed by atoms with E-state index in [0.717, 1.165) is 6.42 Å². The molecule has 0 heterocycles. The zero-order valence-corrected chi connectivity index (χ0v) is 10.2. The summed E-state index contributed by atoms with van der Waals surface area (Å²) in [6.07, 6.45) is 1.54. The molecule has 0 amide bonds. The van der Waals surface area contributed by atoms with Crippen LogP contribution in [0.25, 0.3) is 0 Å². The Morgan fingerprint density at radius 2 is 2.06 bits per heavy atom. The number of hydrogen-bond acceptors (Lipinski definition) is 4. The molecule has 0 saturated carbocycles. The molecule has 4 nitrogen and oxygen atoms in total. The van der Waals surface area contributed by atoms with Gasteiger partial charge in [0.25, 0.3) is 0 Å². The molecular weight excluding hydrogens is 216 g/mol. The fourth-order valence-corrected chi connectivity index (χ4v) is 1.74. The molecule has 0 spiro atoms. The summed E-state index contributed by atoms with van der Waals surface area (Å²) >= 11 is 0. The lowest BCUT2D eigenvalue weighted by atomic mass is 9.93. The minimum Gasteiger partial charge on any atom is -0.483 e. The first-order valence-electron chi connectivity index (χ1n) is 5.65. The molecule has 0 radical (unpaired) electrons. The van der Waals surface area contributed by atoms with Gasteiger partial charge in [-0.3, -0.25) is 4.79 Å². The number of Topliss-reactive ketones (excluding diaryl/α,β-unsaturated/α-hetero) is 1. The Bertz CT molecular complexity index is 388. The van der Waals surface area contributed by atoms with E-state index in [1.165, 1.54) is 7.11 Å². The van der Waals surface area contributed by atoms with E-state index in [1.54, 1.807) is 12.1 Å². The van der Waals surface area contributed by atoms with E-state index in [2.05, 4.69) is 5.10 Å². The molecule has 1 unspecified atom stereocenters. The number of carbonyl (C=O) groups is 1. The normalized spacial score (nSPS) is 13.2. The molecule has 0 bridgehead atoms. The highest BCUT2D eigenvalue weighted by atomic mass is 16.5. The molecule has 4 heteroatoms. The van der Waals surface area contributed by atoms with Gasteiger partial charge in [0.2, 0.25) is 5.90 Å². The average molecular weight is 234 g/mol. The van der Waals surface area contributed by atoms with Crippen molar-refractivity contribution < 1.29 is 9.53 Å². The van der Waals surface area contributed by atoms with Crippen molar-refractivity contribution in [1.82, 2.24) is 0 Å². The Kier molecular flexibility index (Phi) is 5.20. The zero-order valence-electron chi connectivity index (χ0n) is 10.2. The summed E-state index contributed by atoms with van der Waals surface area (Å²) in [5, 5.41) is 3.55. The van der Waals surface area contributed by atoms with Crippen LogP contribution in [0.15, 0.2) is 35.4 Å². The van der Waals surface area contributed by atoms with Gasteiger partial charge >= 0.3 is 0 Å². The second-order valence-electron chi connectivity index (χ2n) is 3.74. The first-order chi connectivity index (χ1) is 8.24. The lowest BCUT2D eigenvalue weighted by molar-refractivity contribution is 0.0937. The highest BCUT2D eigenvalue weighted by Gasteiger charge is 2.25. The van der Waals surface area contributed by atoms with Gasteiger partial charge in [-0.15, -0.1) is 5.10 Å². The van der Waals surface area contributed by atoms with Crippen molar-refractivity contribution >= 4 is 11.7 Å². The fourth-order valence-electron chi connectivity index (χ4n) is 1.74. The van der Waals surface area contributed by atoms with Gasteiger partial charge in [-0.25, -0.2) is 0 Å². The highest BCUT2D eigenvalue weighted by molar-refractivity contribution is 6.09. The minimum absolute atomic E-state index is 0.00139. The van der Waals surface area contributed by atoms with Crippen LogP contribution in [0.1, 0.15) is 30.1 Å². The molecule has 0 fully saturated rings. The molecule has 1 aromatic rings. The number of benzene rings is 1. The van der Waals surface area contributed by atoms with Crippen molar-refractivity contribution in [1.29, 1.82) is 0 Å². The average Bonchev–Trinajstić information content (AvgIpc) is 2.39. The lowest BCUT2D eigenvalue weighted by Crippen LogP contribution is -2.26. The number of hydrazone groups is 1. The summed E-state index contributed by atoms with van der Waals surface area (Å²) in [6, 6.07) is 9.12. The van der Waals surface area contributed by atoms with Gasteiger partial charge in [-0.2, -0.15) is 0 Å². The molecule has 17 heavy (non-hydrogen) atoms. The van der Waals surface area contributed by atoms with Crippen LogP contribution in [0, 0.1) is 5.92 Å². The number of nitrogens with zero attached hydrogens (tertiary/aromatic N) is 1. The third-order valence-electron chi connectivity index (χ3n) is 2.59. The molecule has 1 rings (SSSR count). The monoisotopic (exact) mass is 234 g/mol. The van der Waals surface area contributed by atoms with Crippen molar-refractivity contribution in [3.63, 3.8) is 0 Å². The largest absolute Gasteiger partial charge is 0.483 e. The van der Waals surface area contributed by atoms with E-state index in [4.69, 9.17) is 10.6 Å². The summed E-state index contributed by atoms with van der Waals surface area (Å²) in [4.78, 5) is 12.3. The summed E-state index contributed by atoms with van der Waals surface area (Å²) in [5.41, 5.74) is 0.657. The quantitative estimate of drug-likeness (QED) is 0.279. The van der Waals surface area contributed by atoms with Gasteiger partial charge in [0.05, 0.1) is 13.0 Å². The Labute approximate surface area is 101 Å². The maximum Gasteiger partial charge on any atom is 0.216 e. The summed E-state index contributed by atoms with van der Waals surface area (Å²) in [7, 11) is 1.48. The molecule has 0 aliphatic rings. The molecule has 1 atom stereocenters. The maximum absolute atomic E-state index is 12.3. The molecule has 0 aliphatic carbocycles. The smallest absolute Gasteiger partial charge is 0.216 e. The van der Waals surface area contributed by atoms with Gasteiger partial charge in [0.1, 0.15) is 0 Å². The Hall–Kier alpha value is -1.84. The van der Waals surface area contributed by atoms with Crippen molar-refractivity contribution in [2.45, 2.75) is 19.8 Å². The number of nitrogens with two attached hydrogens (primary N) is 1. The predicted octanol–water partition coefficient (Wildman–Crippen LogP) is 2.20. The summed E-state index contributed by atoms with van der Waals surface area (Å²) in [5.74, 6) is 5.14. The van der Waals surface area contributed by atoms with Gasteiger partial charge < -0.3 is 10.6 Å². The van der Waals surface area contributed by atoms with Crippen molar-refractivity contribution in [2.75, 3.05) is 7.11 Å². The number of methoxy groups -OCH3 is 1. The van der Waals surface area contributed by atoms with Crippen LogP contribution >= 0.6 is 0 Å². The van der Waals surface area contributed by atoms with Crippen LogP contribution in [0.5, 0.6) is 0 Å². The topological polar surface area (TPSA) is 64.7 Å². The zero-order chi connectivity index (χ0) is 12.7. The summed E-state index contributed by atoms with van der Waals surface area (Å²) in [6.45, 7) is 2.01. The van der Waals surface area contributed by atoms with Crippen LogP contribution in [-0.4, -0.2) is 18.8 Å². The number of ether oxygens (including phenoxy) is 1. The minimum atomic E-state index is -0.391. The third kappa shape index (κ3) is 3.31. The van der Waals surface area contributed by atoms with Gasteiger partial charge in [-0.1, -0.05) is 43.7 Å². The standard InChI is InChI=1S/C13H18N2O2/c1-3-7-11(13(15-14)17-2)12(16)10-8-5-4-6-9-10/h4-6,8-9,11H,3,7,14H2,1-2H3. The van der Waals surface area contributed by atoms with Crippen LogP contribution in [0.2, 0.25) is 0 Å². The second kappa shape index (κ2) is 6.68. The van der Waals surface area contributed by atoms with Gasteiger partial charge in [0.15, 0.2) is 5.78 Å².